The lowest BCUT2D eigenvalue weighted by atomic mass is 10.2. The molecule has 0 aliphatic rings. The first-order chi connectivity index (χ1) is 22.0. The van der Waals surface area contributed by atoms with E-state index in [2.05, 4.69) is 19.9 Å². The van der Waals surface area contributed by atoms with Crippen LogP contribution in [0.25, 0.3) is 22.3 Å². The molecule has 6 rings (SSSR count). The number of esters is 1. The Balaban J connectivity index is 0.000000193. The topological polar surface area (TPSA) is 182 Å². The first kappa shape index (κ1) is 33.2. The maximum Gasteiger partial charge on any atom is 0.312 e. The van der Waals surface area contributed by atoms with Crippen molar-refractivity contribution in [3.8, 4) is 0 Å². The lowest BCUT2D eigenvalue weighted by molar-refractivity contribution is -0.154. The summed E-state index contributed by atoms with van der Waals surface area (Å²) < 4.78 is 58.3. The Morgan fingerprint density at radius 1 is 0.723 bits per heavy atom. The number of hydrogen-bond acceptors (Lipinski definition) is 11. The van der Waals surface area contributed by atoms with Gasteiger partial charge in [-0.3, -0.25) is 4.79 Å². The van der Waals surface area contributed by atoms with Crippen LogP contribution in [0.1, 0.15) is 37.6 Å². The number of aryl methyl sites for hydroxylation is 2. The number of nitrogen functional groups attached to an aromatic ring is 1. The largest absolute Gasteiger partial charge is 0.460 e. The normalized spacial score (nSPS) is 12.1. The van der Waals surface area contributed by atoms with E-state index in [9.17, 15) is 21.6 Å². The van der Waals surface area contributed by atoms with E-state index in [0.717, 1.165) is 19.1 Å². The predicted octanol–water partition coefficient (Wildman–Crippen LogP) is 4.42. The highest BCUT2D eigenvalue weighted by Crippen LogP contribution is 2.22. The number of benzene rings is 2. The van der Waals surface area contributed by atoms with Crippen LogP contribution in [0, 0.1) is 13.8 Å². The van der Waals surface area contributed by atoms with Gasteiger partial charge in [0.25, 0.3) is 20.0 Å². The van der Waals surface area contributed by atoms with Gasteiger partial charge in [0.05, 0.1) is 34.3 Å². The summed E-state index contributed by atoms with van der Waals surface area (Å²) in [5.74, 6) is -0.161. The van der Waals surface area contributed by atoms with Gasteiger partial charge in [-0.1, -0.05) is 35.4 Å². The van der Waals surface area contributed by atoms with Gasteiger partial charge in [-0.25, -0.2) is 44.7 Å². The Hall–Kier alpha value is -5.15. The van der Waals surface area contributed by atoms with Crippen molar-refractivity contribution in [1.29, 1.82) is 0 Å². The van der Waals surface area contributed by atoms with Gasteiger partial charge < -0.3 is 10.5 Å². The zero-order valence-electron chi connectivity index (χ0n) is 26.3. The molecule has 6 aromatic rings. The Bertz CT molecular complexity index is 2310. The second kappa shape index (κ2) is 12.6. The third kappa shape index (κ3) is 7.31. The van der Waals surface area contributed by atoms with Crippen molar-refractivity contribution in [3.63, 3.8) is 0 Å². The number of fused-ring (bicyclic) bond motifs is 2. The number of hydrogen-bond donors (Lipinski definition) is 1. The molecule has 0 bridgehead atoms. The monoisotopic (exact) mass is 675 g/mol. The number of carbonyl (C=O) groups is 1. The number of aromatic nitrogens is 6. The number of ether oxygens (including phenoxy) is 1. The summed E-state index contributed by atoms with van der Waals surface area (Å²) in [6.07, 6.45) is 5.55. The van der Waals surface area contributed by atoms with Gasteiger partial charge in [0, 0.05) is 12.4 Å². The van der Waals surface area contributed by atoms with Crippen molar-refractivity contribution in [2.24, 2.45) is 0 Å². The third-order valence-corrected chi connectivity index (χ3v) is 10.0. The summed E-state index contributed by atoms with van der Waals surface area (Å²) in [4.78, 5) is 29.0. The van der Waals surface area contributed by atoms with Gasteiger partial charge in [0.1, 0.15) is 22.5 Å². The van der Waals surface area contributed by atoms with Crippen molar-refractivity contribution in [2.45, 2.75) is 56.4 Å². The van der Waals surface area contributed by atoms with Crippen LogP contribution < -0.4 is 5.73 Å². The van der Waals surface area contributed by atoms with Crippen LogP contribution in [0.3, 0.4) is 0 Å². The summed E-state index contributed by atoms with van der Waals surface area (Å²) >= 11 is 0. The van der Waals surface area contributed by atoms with Crippen LogP contribution in [0.4, 0.5) is 5.82 Å². The summed E-state index contributed by atoms with van der Waals surface area (Å²) in [6, 6.07) is 16.4. The highest BCUT2D eigenvalue weighted by molar-refractivity contribution is 7.90. The van der Waals surface area contributed by atoms with E-state index in [1.165, 1.54) is 24.8 Å². The van der Waals surface area contributed by atoms with Gasteiger partial charge >= 0.3 is 5.97 Å². The van der Waals surface area contributed by atoms with Crippen LogP contribution in [0.5, 0.6) is 0 Å². The summed E-state index contributed by atoms with van der Waals surface area (Å²) in [7, 11) is -7.45. The van der Waals surface area contributed by atoms with Crippen molar-refractivity contribution in [2.75, 3.05) is 5.73 Å². The van der Waals surface area contributed by atoms with Crippen LogP contribution >= 0.6 is 0 Å². The molecular formula is C32H33N7O6S2. The Morgan fingerprint density at radius 3 is 1.64 bits per heavy atom. The van der Waals surface area contributed by atoms with E-state index in [-0.39, 0.29) is 33.3 Å². The fraction of sp³-hybridized carbons (Fsp3) is 0.219. The van der Waals surface area contributed by atoms with E-state index in [1.54, 1.807) is 81.4 Å². The van der Waals surface area contributed by atoms with E-state index in [0.29, 0.717) is 16.7 Å². The molecular weight excluding hydrogens is 643 g/mol. The maximum atomic E-state index is 12.9. The van der Waals surface area contributed by atoms with Gasteiger partial charge in [-0.05, 0) is 71.0 Å². The third-order valence-electron chi connectivity index (χ3n) is 6.68. The molecule has 0 atom stereocenters. The molecule has 0 aliphatic heterocycles. The number of rotatable bonds is 6. The van der Waals surface area contributed by atoms with Gasteiger partial charge in [0.2, 0.25) is 0 Å². The molecule has 0 saturated heterocycles. The van der Waals surface area contributed by atoms with Crippen molar-refractivity contribution in [1.82, 2.24) is 27.9 Å². The fourth-order valence-corrected chi connectivity index (χ4v) is 7.07. The standard InChI is InChI=1S/C19H21N3O4S.C13H12N4O2S/c1-13-5-7-15(8-6-13)27(24,25)22-10-9-16-18(22)20-12-14(21-16)11-17(23)26-19(2,3)4;1-9-2-4-10(5-3-9)20(18,19)17-7-6-11-13(17)15-8-12(14)16-11/h5-10,12H,11H2,1-4H3;2-8H,1H3,(H2,14,16). The molecule has 0 radical (unpaired) electrons. The van der Waals surface area contributed by atoms with E-state index in [4.69, 9.17) is 10.5 Å². The summed E-state index contributed by atoms with van der Waals surface area (Å²) in [6.45, 7) is 9.15. The second-order valence-electron chi connectivity index (χ2n) is 11.7. The number of carbonyl (C=O) groups excluding carboxylic acids is 1. The van der Waals surface area contributed by atoms with Crippen LogP contribution in [-0.4, -0.2) is 56.3 Å². The summed E-state index contributed by atoms with van der Waals surface area (Å²) in [5, 5.41) is 0. The SMILES string of the molecule is Cc1ccc(S(=O)(=O)n2ccc3nc(CC(=O)OC(C)(C)C)cnc32)cc1.Cc1ccc(S(=O)(=O)n2ccc3nc(N)cnc32)cc1. The van der Waals surface area contributed by atoms with E-state index >= 15 is 0 Å². The fourth-order valence-electron chi connectivity index (χ4n) is 4.47. The summed E-state index contributed by atoms with van der Waals surface area (Å²) in [5.41, 5.74) is 8.65. The molecule has 0 amide bonds. The molecule has 2 N–H and O–H groups in total. The van der Waals surface area contributed by atoms with Crippen LogP contribution in [0.2, 0.25) is 0 Å². The maximum absolute atomic E-state index is 12.9. The van der Waals surface area contributed by atoms with E-state index < -0.39 is 31.6 Å². The molecule has 0 aliphatic carbocycles. The minimum absolute atomic E-state index is 0.0316. The molecule has 47 heavy (non-hydrogen) atoms. The number of nitrogens with zero attached hydrogens (tertiary/aromatic N) is 6. The Labute approximate surface area is 272 Å². The first-order valence-corrected chi connectivity index (χ1v) is 17.2. The molecule has 244 valence electrons. The molecule has 4 heterocycles. The second-order valence-corrected chi connectivity index (χ2v) is 15.3. The highest BCUT2D eigenvalue weighted by Gasteiger charge is 2.22. The Morgan fingerprint density at radius 2 is 1.17 bits per heavy atom. The zero-order chi connectivity index (χ0) is 34.1. The van der Waals surface area contributed by atoms with Gasteiger partial charge in [-0.2, -0.15) is 0 Å². The van der Waals surface area contributed by atoms with Crippen molar-refractivity contribution in [3.05, 3.63) is 102 Å². The molecule has 15 heteroatoms. The highest BCUT2D eigenvalue weighted by atomic mass is 32.2. The smallest absolute Gasteiger partial charge is 0.312 e. The first-order valence-electron chi connectivity index (χ1n) is 14.3. The Kier molecular flexibility index (Phi) is 8.88. The average molecular weight is 676 g/mol. The molecule has 0 unspecified atom stereocenters. The van der Waals surface area contributed by atoms with Crippen molar-refractivity contribution >= 4 is 54.2 Å². The number of nitrogens with two attached hydrogens (primary N) is 1. The molecule has 13 nitrogen and oxygen atoms in total. The minimum Gasteiger partial charge on any atom is -0.460 e. The minimum atomic E-state index is -3.78. The number of anilines is 1. The molecule has 2 aromatic carbocycles. The molecule has 0 saturated carbocycles. The van der Waals surface area contributed by atoms with Crippen molar-refractivity contribution < 1.29 is 26.4 Å². The average Bonchev–Trinajstić information content (AvgIpc) is 3.61. The quantitative estimate of drug-likeness (QED) is 0.247. The molecule has 0 spiro atoms. The molecule has 4 aromatic heterocycles. The van der Waals surface area contributed by atoms with E-state index in [1.807, 2.05) is 13.8 Å². The van der Waals surface area contributed by atoms with Crippen LogP contribution in [0.15, 0.2) is 95.2 Å². The predicted molar refractivity (Wildman–Crippen MR) is 177 cm³/mol. The van der Waals surface area contributed by atoms with Gasteiger partial charge in [-0.15, -0.1) is 0 Å². The lowest BCUT2D eigenvalue weighted by Crippen LogP contribution is -2.25. The molecule has 0 fully saturated rings. The lowest BCUT2D eigenvalue weighted by Gasteiger charge is -2.19. The zero-order valence-corrected chi connectivity index (χ0v) is 27.9. The van der Waals surface area contributed by atoms with Gasteiger partial charge in [0.15, 0.2) is 11.3 Å². The van der Waals surface area contributed by atoms with Crippen LogP contribution in [-0.2, 0) is 36.0 Å².